The molecule has 0 aliphatic heterocycles. The fourth-order valence-corrected chi connectivity index (χ4v) is 2.66. The maximum absolute atomic E-state index is 11.1. The zero-order valence-electron chi connectivity index (χ0n) is 10.0. The Labute approximate surface area is 107 Å². The van der Waals surface area contributed by atoms with E-state index in [9.17, 15) is 8.42 Å². The number of anilines is 1. The third-order valence-corrected chi connectivity index (χ3v) is 4.12. The zero-order chi connectivity index (χ0) is 13.2. The van der Waals surface area contributed by atoms with Gasteiger partial charge in [0.1, 0.15) is 10.7 Å². The van der Waals surface area contributed by atoms with Crippen molar-refractivity contribution in [1.29, 1.82) is 0 Å². The predicted molar refractivity (Wildman–Crippen MR) is 69.4 cm³/mol. The second kappa shape index (κ2) is 5.21. The van der Waals surface area contributed by atoms with Crippen LogP contribution in [-0.2, 0) is 10.0 Å². The number of aromatic nitrogens is 1. The average molecular weight is 270 g/mol. The van der Waals surface area contributed by atoms with Gasteiger partial charge in [-0.1, -0.05) is 0 Å². The average Bonchev–Trinajstić information content (AvgIpc) is 2.72. The number of sulfonamides is 1. The van der Waals surface area contributed by atoms with E-state index in [1.165, 1.54) is 12.3 Å². The third kappa shape index (κ3) is 3.41. The fourth-order valence-electron chi connectivity index (χ4n) is 2.20. The van der Waals surface area contributed by atoms with Gasteiger partial charge in [0.05, 0.1) is 0 Å². The first kappa shape index (κ1) is 13.3. The summed E-state index contributed by atoms with van der Waals surface area (Å²) >= 11 is 0. The van der Waals surface area contributed by atoms with E-state index in [2.05, 4.69) is 10.3 Å². The van der Waals surface area contributed by atoms with Crippen LogP contribution >= 0.6 is 0 Å². The maximum atomic E-state index is 11.1. The number of primary sulfonamides is 1. The van der Waals surface area contributed by atoms with Crippen molar-refractivity contribution in [1.82, 2.24) is 4.98 Å². The standard InChI is InChI=1S/C11H18N4O2S/c12-9-2-1-8(5-9)6-14-11-4-3-10(7-15-11)18(13,16)17/h3-4,7-9H,1-2,5-6,12H2,(H,14,15)(H2,13,16,17). The van der Waals surface area contributed by atoms with Crippen LogP contribution in [0.4, 0.5) is 5.82 Å². The Balaban J connectivity index is 1.91. The molecule has 0 radical (unpaired) electrons. The molecule has 1 fully saturated rings. The Hall–Kier alpha value is -1.18. The van der Waals surface area contributed by atoms with Crippen LogP contribution in [0.5, 0.6) is 0 Å². The summed E-state index contributed by atoms with van der Waals surface area (Å²) in [5.74, 6) is 1.22. The van der Waals surface area contributed by atoms with Crippen molar-refractivity contribution in [3.8, 4) is 0 Å². The van der Waals surface area contributed by atoms with Gasteiger partial charge in [-0.15, -0.1) is 0 Å². The van der Waals surface area contributed by atoms with Gasteiger partial charge in [-0.2, -0.15) is 0 Å². The van der Waals surface area contributed by atoms with Crippen LogP contribution < -0.4 is 16.2 Å². The van der Waals surface area contributed by atoms with Gasteiger partial charge in [-0.25, -0.2) is 18.5 Å². The first-order chi connectivity index (χ1) is 8.45. The van der Waals surface area contributed by atoms with Gasteiger partial charge in [0, 0.05) is 18.8 Å². The molecule has 100 valence electrons. The molecule has 18 heavy (non-hydrogen) atoms. The molecule has 1 aliphatic carbocycles. The van der Waals surface area contributed by atoms with Crippen LogP contribution in [0.1, 0.15) is 19.3 Å². The van der Waals surface area contributed by atoms with Gasteiger partial charge in [-0.05, 0) is 37.3 Å². The SMILES string of the molecule is NC1CCC(CNc2ccc(S(N)(=O)=O)cn2)C1. The van der Waals surface area contributed by atoms with Gasteiger partial charge in [0.2, 0.25) is 10.0 Å². The van der Waals surface area contributed by atoms with Crippen LogP contribution in [0.25, 0.3) is 0 Å². The van der Waals surface area contributed by atoms with Crippen LogP contribution in [-0.4, -0.2) is 26.0 Å². The molecular formula is C11H18N4O2S. The Morgan fingerprint density at radius 2 is 2.17 bits per heavy atom. The lowest BCUT2D eigenvalue weighted by Gasteiger charge is -2.11. The Bertz CT molecular complexity index is 500. The molecular weight excluding hydrogens is 252 g/mol. The molecule has 1 aromatic rings. The van der Waals surface area contributed by atoms with E-state index in [-0.39, 0.29) is 4.90 Å². The number of hydrogen-bond acceptors (Lipinski definition) is 5. The molecule has 2 atom stereocenters. The second-order valence-electron chi connectivity index (χ2n) is 4.74. The summed E-state index contributed by atoms with van der Waals surface area (Å²) in [7, 11) is -3.66. The number of nitrogens with two attached hydrogens (primary N) is 2. The Morgan fingerprint density at radius 3 is 2.67 bits per heavy atom. The van der Waals surface area contributed by atoms with Crippen molar-refractivity contribution in [2.24, 2.45) is 16.8 Å². The number of rotatable bonds is 4. The number of nitrogens with one attached hydrogen (secondary N) is 1. The summed E-state index contributed by atoms with van der Waals surface area (Å²) < 4.78 is 22.1. The van der Waals surface area contributed by atoms with E-state index in [0.29, 0.717) is 17.8 Å². The maximum Gasteiger partial charge on any atom is 0.239 e. The molecule has 2 rings (SSSR count). The molecule has 1 heterocycles. The van der Waals surface area contributed by atoms with Gasteiger partial charge in [0.15, 0.2) is 0 Å². The van der Waals surface area contributed by atoms with Crippen molar-refractivity contribution in [3.63, 3.8) is 0 Å². The minimum atomic E-state index is -3.66. The quantitative estimate of drug-likeness (QED) is 0.727. The minimum Gasteiger partial charge on any atom is -0.370 e. The number of nitrogens with zero attached hydrogens (tertiary/aromatic N) is 1. The van der Waals surface area contributed by atoms with Crippen molar-refractivity contribution >= 4 is 15.8 Å². The van der Waals surface area contributed by atoms with Crippen molar-refractivity contribution in [2.75, 3.05) is 11.9 Å². The van der Waals surface area contributed by atoms with Crippen molar-refractivity contribution < 1.29 is 8.42 Å². The van der Waals surface area contributed by atoms with E-state index in [4.69, 9.17) is 10.9 Å². The second-order valence-corrected chi connectivity index (χ2v) is 6.31. The molecule has 0 bridgehead atoms. The molecule has 0 amide bonds. The first-order valence-corrected chi connectivity index (χ1v) is 7.48. The molecule has 1 aromatic heterocycles. The minimum absolute atomic E-state index is 0.0240. The topological polar surface area (TPSA) is 111 Å². The van der Waals surface area contributed by atoms with Crippen molar-refractivity contribution in [2.45, 2.75) is 30.2 Å². The summed E-state index contributed by atoms with van der Waals surface area (Å²) in [4.78, 5) is 4.05. The summed E-state index contributed by atoms with van der Waals surface area (Å²) in [6.07, 6.45) is 4.49. The van der Waals surface area contributed by atoms with Gasteiger partial charge < -0.3 is 11.1 Å². The molecule has 7 heteroatoms. The first-order valence-electron chi connectivity index (χ1n) is 5.93. The fraction of sp³-hybridized carbons (Fsp3) is 0.545. The van der Waals surface area contributed by atoms with E-state index < -0.39 is 10.0 Å². The summed E-state index contributed by atoms with van der Waals surface area (Å²) in [6.45, 7) is 0.815. The largest absolute Gasteiger partial charge is 0.370 e. The highest BCUT2D eigenvalue weighted by Crippen LogP contribution is 2.24. The number of hydrogen-bond donors (Lipinski definition) is 3. The van der Waals surface area contributed by atoms with E-state index >= 15 is 0 Å². The molecule has 1 saturated carbocycles. The highest BCUT2D eigenvalue weighted by atomic mass is 32.2. The predicted octanol–water partition coefficient (Wildman–Crippen LogP) is 0.268. The van der Waals surface area contributed by atoms with Crippen LogP contribution in [0.15, 0.2) is 23.2 Å². The van der Waals surface area contributed by atoms with E-state index in [1.54, 1.807) is 6.07 Å². The van der Waals surface area contributed by atoms with Crippen molar-refractivity contribution in [3.05, 3.63) is 18.3 Å². The molecule has 0 spiro atoms. The lowest BCUT2D eigenvalue weighted by atomic mass is 10.1. The summed E-state index contributed by atoms with van der Waals surface area (Å²) in [5.41, 5.74) is 5.84. The summed E-state index contributed by atoms with van der Waals surface area (Å²) in [6, 6.07) is 3.38. The highest BCUT2D eigenvalue weighted by molar-refractivity contribution is 7.89. The normalized spacial score (nSPS) is 24.1. The number of pyridine rings is 1. The highest BCUT2D eigenvalue weighted by Gasteiger charge is 2.21. The Morgan fingerprint density at radius 1 is 1.39 bits per heavy atom. The van der Waals surface area contributed by atoms with E-state index in [0.717, 1.165) is 25.8 Å². The van der Waals surface area contributed by atoms with E-state index in [1.807, 2.05) is 0 Å². The molecule has 5 N–H and O–H groups in total. The molecule has 0 aromatic carbocycles. The Kier molecular flexibility index (Phi) is 3.84. The molecule has 0 saturated heterocycles. The third-order valence-electron chi connectivity index (χ3n) is 3.22. The van der Waals surface area contributed by atoms with Crippen LogP contribution in [0.2, 0.25) is 0 Å². The smallest absolute Gasteiger partial charge is 0.239 e. The zero-order valence-corrected chi connectivity index (χ0v) is 10.9. The van der Waals surface area contributed by atoms with Crippen LogP contribution in [0.3, 0.4) is 0 Å². The molecule has 1 aliphatic rings. The van der Waals surface area contributed by atoms with Crippen LogP contribution in [0, 0.1) is 5.92 Å². The lowest BCUT2D eigenvalue weighted by molar-refractivity contribution is 0.565. The molecule has 2 unspecified atom stereocenters. The van der Waals surface area contributed by atoms with Gasteiger partial charge in [0.25, 0.3) is 0 Å². The summed E-state index contributed by atoms with van der Waals surface area (Å²) in [5, 5.41) is 8.18. The monoisotopic (exact) mass is 270 g/mol. The lowest BCUT2D eigenvalue weighted by Crippen LogP contribution is -2.18. The molecule has 6 nitrogen and oxygen atoms in total. The van der Waals surface area contributed by atoms with Gasteiger partial charge in [-0.3, -0.25) is 0 Å². The van der Waals surface area contributed by atoms with Gasteiger partial charge >= 0.3 is 0 Å².